The van der Waals surface area contributed by atoms with E-state index in [-0.39, 0.29) is 24.8 Å². The lowest BCUT2D eigenvalue weighted by Crippen LogP contribution is -2.71. The number of carbonyl (C=O) groups excluding carboxylic acids is 2. The van der Waals surface area contributed by atoms with Gasteiger partial charge in [-0.05, 0) is 38.1 Å². The molecule has 2 rings (SSSR count). The molecule has 0 radical (unpaired) electrons. The predicted octanol–water partition coefficient (Wildman–Crippen LogP) is 2.67. The minimum atomic E-state index is -1.86. The Morgan fingerprint density at radius 3 is 2.46 bits per heavy atom. The maximum atomic E-state index is 13.3. The van der Waals surface area contributed by atoms with Crippen LogP contribution in [-0.4, -0.2) is 59.9 Å². The minimum absolute atomic E-state index is 0.167. The van der Waals surface area contributed by atoms with Crippen molar-refractivity contribution in [1.29, 1.82) is 0 Å². The average molecular weight is 434 g/mol. The first-order valence-electron chi connectivity index (χ1n) is 10.4. The molecule has 1 heterocycles. The largest absolute Gasteiger partial charge is 0.464 e. The normalized spacial score (nSPS) is 32.8. The summed E-state index contributed by atoms with van der Waals surface area (Å²) in [6.07, 6.45) is 3.56. The van der Waals surface area contributed by atoms with Gasteiger partial charge in [-0.3, -0.25) is 4.79 Å². The molecule has 1 aliphatic heterocycles. The van der Waals surface area contributed by atoms with E-state index in [4.69, 9.17) is 16.3 Å². The third-order valence-corrected chi connectivity index (χ3v) is 8.38. The first-order chi connectivity index (χ1) is 13.0. The fourth-order valence-corrected chi connectivity index (χ4v) is 5.51. The highest BCUT2D eigenvalue weighted by Crippen LogP contribution is 2.45. The van der Waals surface area contributed by atoms with Crippen molar-refractivity contribution >= 4 is 31.6 Å². The van der Waals surface area contributed by atoms with Crippen molar-refractivity contribution in [2.24, 2.45) is 11.8 Å². The molecule has 0 aromatic heterocycles. The molecular formula is C20H36ClNO5Si. The Balaban J connectivity index is 2.35. The van der Waals surface area contributed by atoms with Crippen LogP contribution in [0.3, 0.4) is 0 Å². The van der Waals surface area contributed by atoms with E-state index < -0.39 is 43.1 Å². The van der Waals surface area contributed by atoms with Crippen molar-refractivity contribution in [2.45, 2.75) is 88.4 Å². The molecule has 0 bridgehead atoms. The van der Waals surface area contributed by atoms with Crippen molar-refractivity contribution in [3.05, 3.63) is 0 Å². The van der Waals surface area contributed by atoms with Crippen LogP contribution in [0.2, 0.25) is 25.7 Å². The molecule has 2 fully saturated rings. The Morgan fingerprint density at radius 1 is 1.32 bits per heavy atom. The maximum Gasteiger partial charge on any atom is 0.337 e. The van der Waals surface area contributed by atoms with Gasteiger partial charge in [0, 0.05) is 14.0 Å². The number of carbonyl (C=O) groups is 2. The number of hydrogen-bond donors (Lipinski definition) is 3. The number of esters is 1. The first kappa shape index (κ1) is 23.6. The number of hydrogen-bond acceptors (Lipinski definition) is 5. The number of alkyl halides is 1. The Morgan fingerprint density at radius 2 is 1.93 bits per heavy atom. The fourth-order valence-electron chi connectivity index (χ4n) is 4.58. The van der Waals surface area contributed by atoms with Crippen LogP contribution >= 0.6 is 11.6 Å². The standard InChI is InChI=1S/C20H36ClNO5Si/c1-19(26)15(10-11-21)17(24)22-20(19,16(23)14-8-6-5-7-9-14)18(25)27-12-13-28(2,3)4/h14-16,23,26H,5-13H2,1-4H3,(H,22,24)/t15-,16-,19-,20-/m0/s1. The van der Waals surface area contributed by atoms with Gasteiger partial charge in [0.1, 0.15) is 5.60 Å². The van der Waals surface area contributed by atoms with E-state index in [9.17, 15) is 19.8 Å². The van der Waals surface area contributed by atoms with Gasteiger partial charge in [0.05, 0.1) is 18.6 Å². The van der Waals surface area contributed by atoms with Crippen molar-refractivity contribution in [3.63, 3.8) is 0 Å². The van der Waals surface area contributed by atoms with Crippen LogP contribution in [0.1, 0.15) is 45.4 Å². The summed E-state index contributed by atoms with van der Waals surface area (Å²) in [5.41, 5.74) is -3.64. The summed E-state index contributed by atoms with van der Waals surface area (Å²) in [5, 5.41) is 25.4. The number of amides is 1. The van der Waals surface area contributed by atoms with Gasteiger partial charge >= 0.3 is 5.97 Å². The van der Waals surface area contributed by atoms with E-state index in [1.54, 1.807) is 0 Å². The molecule has 4 atom stereocenters. The van der Waals surface area contributed by atoms with Gasteiger partial charge in [-0.15, -0.1) is 11.6 Å². The third-order valence-electron chi connectivity index (χ3n) is 6.46. The second-order valence-electron chi connectivity index (χ2n) is 9.76. The molecule has 1 saturated heterocycles. The van der Waals surface area contributed by atoms with Crippen LogP contribution in [0.25, 0.3) is 0 Å². The Hall–Kier alpha value is -0.633. The van der Waals surface area contributed by atoms with E-state index in [0.29, 0.717) is 0 Å². The third kappa shape index (κ3) is 4.58. The van der Waals surface area contributed by atoms with Gasteiger partial charge in [-0.25, -0.2) is 4.79 Å². The second-order valence-corrected chi connectivity index (χ2v) is 15.8. The summed E-state index contributed by atoms with van der Waals surface area (Å²) in [4.78, 5) is 26.0. The molecule has 162 valence electrons. The Kier molecular flexibility index (Phi) is 7.62. The monoisotopic (exact) mass is 433 g/mol. The molecule has 0 aromatic rings. The molecule has 28 heavy (non-hydrogen) atoms. The molecule has 3 N–H and O–H groups in total. The Labute approximate surface area is 174 Å². The lowest BCUT2D eigenvalue weighted by molar-refractivity contribution is -0.178. The summed E-state index contributed by atoms with van der Waals surface area (Å²) in [5.74, 6) is -2.05. The van der Waals surface area contributed by atoms with Gasteiger partial charge < -0.3 is 20.3 Å². The van der Waals surface area contributed by atoms with Crippen LogP contribution in [0, 0.1) is 11.8 Å². The van der Waals surface area contributed by atoms with Gasteiger partial charge in [0.25, 0.3) is 0 Å². The van der Waals surface area contributed by atoms with Gasteiger partial charge in [0.2, 0.25) is 5.91 Å². The van der Waals surface area contributed by atoms with Crippen LogP contribution in [-0.2, 0) is 14.3 Å². The summed E-state index contributed by atoms with van der Waals surface area (Å²) < 4.78 is 5.56. The summed E-state index contributed by atoms with van der Waals surface area (Å²) >= 11 is 5.84. The minimum Gasteiger partial charge on any atom is -0.464 e. The van der Waals surface area contributed by atoms with Crippen LogP contribution in [0.4, 0.5) is 0 Å². The van der Waals surface area contributed by atoms with E-state index >= 15 is 0 Å². The van der Waals surface area contributed by atoms with Gasteiger partial charge in [-0.1, -0.05) is 38.9 Å². The zero-order chi connectivity index (χ0) is 21.2. The van der Waals surface area contributed by atoms with Crippen molar-refractivity contribution in [3.8, 4) is 0 Å². The molecular weight excluding hydrogens is 398 g/mol. The van der Waals surface area contributed by atoms with Crippen LogP contribution < -0.4 is 5.32 Å². The number of ether oxygens (including phenoxy) is 1. The zero-order valence-corrected chi connectivity index (χ0v) is 19.3. The smallest absolute Gasteiger partial charge is 0.337 e. The maximum absolute atomic E-state index is 13.3. The highest BCUT2D eigenvalue weighted by atomic mass is 35.5. The fraction of sp³-hybridized carbons (Fsp3) is 0.900. The lowest BCUT2D eigenvalue weighted by Gasteiger charge is -2.45. The average Bonchev–Trinajstić information content (AvgIpc) is 2.82. The molecule has 0 spiro atoms. The molecule has 2 aliphatic rings. The van der Waals surface area contributed by atoms with Crippen molar-refractivity contribution in [1.82, 2.24) is 5.32 Å². The SMILES string of the molecule is C[C@]1(O)[C@@H](CCCl)C(=O)N[C@]1(C(=O)OCC[Si](C)(C)C)[C@@H](O)C1CCCCC1. The predicted molar refractivity (Wildman–Crippen MR) is 112 cm³/mol. The number of nitrogens with one attached hydrogen (secondary N) is 1. The molecule has 1 aliphatic carbocycles. The second kappa shape index (κ2) is 9.02. The highest BCUT2D eigenvalue weighted by molar-refractivity contribution is 6.76. The summed E-state index contributed by atoms with van der Waals surface area (Å²) in [6, 6.07) is 0.773. The van der Waals surface area contributed by atoms with E-state index in [1.807, 2.05) is 0 Å². The molecule has 6 nitrogen and oxygen atoms in total. The molecule has 1 amide bonds. The van der Waals surface area contributed by atoms with E-state index in [0.717, 1.165) is 38.1 Å². The highest BCUT2D eigenvalue weighted by Gasteiger charge is 2.70. The summed E-state index contributed by atoms with van der Waals surface area (Å²) in [6.45, 7) is 8.21. The lowest BCUT2D eigenvalue weighted by atomic mass is 9.67. The number of halogens is 1. The molecule has 0 aromatic carbocycles. The van der Waals surface area contributed by atoms with Crippen LogP contribution in [0.5, 0.6) is 0 Å². The molecule has 8 heteroatoms. The van der Waals surface area contributed by atoms with E-state index in [1.165, 1.54) is 6.92 Å². The van der Waals surface area contributed by atoms with Crippen LogP contribution in [0.15, 0.2) is 0 Å². The number of aliphatic hydroxyl groups excluding tert-OH is 1. The van der Waals surface area contributed by atoms with Crippen molar-refractivity contribution in [2.75, 3.05) is 12.5 Å². The molecule has 1 saturated carbocycles. The van der Waals surface area contributed by atoms with Crippen molar-refractivity contribution < 1.29 is 24.5 Å². The quantitative estimate of drug-likeness (QED) is 0.310. The Bertz CT molecular complexity index is 573. The first-order valence-corrected chi connectivity index (χ1v) is 14.7. The van der Waals surface area contributed by atoms with Gasteiger partial charge in [-0.2, -0.15) is 0 Å². The number of rotatable bonds is 8. The zero-order valence-electron chi connectivity index (χ0n) is 17.6. The summed E-state index contributed by atoms with van der Waals surface area (Å²) in [7, 11) is -1.43. The topological polar surface area (TPSA) is 95.9 Å². The van der Waals surface area contributed by atoms with E-state index in [2.05, 4.69) is 25.0 Å². The number of aliphatic hydroxyl groups is 2. The van der Waals surface area contributed by atoms with Gasteiger partial charge in [0.15, 0.2) is 5.54 Å². The molecule has 0 unspecified atom stereocenters.